The van der Waals surface area contributed by atoms with E-state index in [4.69, 9.17) is 5.14 Å². The van der Waals surface area contributed by atoms with E-state index in [-0.39, 0.29) is 16.6 Å². The lowest BCUT2D eigenvalue weighted by Crippen LogP contribution is -2.15. The van der Waals surface area contributed by atoms with Crippen LogP contribution in [0.25, 0.3) is 11.0 Å². The number of thioether (sulfide) groups is 1. The maximum absolute atomic E-state index is 12.5. The Hall–Kier alpha value is -2.36. The molecule has 1 amide bonds. The van der Waals surface area contributed by atoms with Gasteiger partial charge in [-0.25, -0.2) is 18.5 Å². The van der Waals surface area contributed by atoms with Gasteiger partial charge in [-0.15, -0.1) is 0 Å². The van der Waals surface area contributed by atoms with Crippen molar-refractivity contribution in [1.29, 1.82) is 0 Å². The molecule has 3 aromatic rings. The van der Waals surface area contributed by atoms with Crippen LogP contribution in [-0.2, 0) is 21.4 Å². The van der Waals surface area contributed by atoms with Crippen LogP contribution < -0.4 is 10.5 Å². The molecular formula is C21H26N4O3S2. The quantitative estimate of drug-likeness (QED) is 0.511. The first kappa shape index (κ1) is 22.3. The lowest BCUT2D eigenvalue weighted by Gasteiger charge is -2.09. The Kier molecular flexibility index (Phi) is 6.84. The molecule has 0 unspecified atom stereocenters. The van der Waals surface area contributed by atoms with E-state index in [0.717, 1.165) is 41.7 Å². The Morgan fingerprint density at radius 2 is 1.87 bits per heavy atom. The molecule has 160 valence electrons. The van der Waals surface area contributed by atoms with Crippen molar-refractivity contribution in [1.82, 2.24) is 9.55 Å². The zero-order valence-corrected chi connectivity index (χ0v) is 18.9. The Morgan fingerprint density at radius 3 is 2.50 bits per heavy atom. The first-order valence-corrected chi connectivity index (χ1v) is 12.2. The predicted molar refractivity (Wildman–Crippen MR) is 121 cm³/mol. The van der Waals surface area contributed by atoms with Crippen LogP contribution in [-0.4, -0.2) is 29.6 Å². The summed E-state index contributed by atoms with van der Waals surface area (Å²) in [5, 5.41) is 8.85. The van der Waals surface area contributed by atoms with Crippen molar-refractivity contribution in [2.45, 2.75) is 50.2 Å². The van der Waals surface area contributed by atoms with Crippen molar-refractivity contribution in [2.75, 3.05) is 11.1 Å². The van der Waals surface area contributed by atoms with E-state index >= 15 is 0 Å². The average Bonchev–Trinajstić information content (AvgIpc) is 2.99. The number of sulfonamides is 1. The average molecular weight is 447 g/mol. The summed E-state index contributed by atoms with van der Waals surface area (Å²) in [7, 11) is -3.80. The summed E-state index contributed by atoms with van der Waals surface area (Å²) in [6, 6.07) is 10.6. The van der Waals surface area contributed by atoms with Gasteiger partial charge in [-0.2, -0.15) is 0 Å². The number of hydrogen-bond acceptors (Lipinski definition) is 5. The molecule has 0 aliphatic rings. The Bertz CT molecular complexity index is 1170. The number of hydrogen-bond donors (Lipinski definition) is 2. The highest BCUT2D eigenvalue weighted by Gasteiger charge is 2.16. The van der Waals surface area contributed by atoms with Crippen LogP contribution in [0.5, 0.6) is 0 Å². The second kappa shape index (κ2) is 9.20. The number of nitrogens with zero attached hydrogens (tertiary/aromatic N) is 2. The largest absolute Gasteiger partial charge is 0.325 e. The summed E-state index contributed by atoms with van der Waals surface area (Å²) < 4.78 is 25.4. The number of imidazole rings is 1. The van der Waals surface area contributed by atoms with Crippen molar-refractivity contribution < 1.29 is 13.2 Å². The van der Waals surface area contributed by atoms with Gasteiger partial charge in [-0.1, -0.05) is 31.2 Å². The van der Waals surface area contributed by atoms with Gasteiger partial charge in [-0.05, 0) is 61.7 Å². The summed E-state index contributed by atoms with van der Waals surface area (Å²) in [6.07, 6.45) is 1.96. The number of anilines is 1. The van der Waals surface area contributed by atoms with E-state index in [2.05, 4.69) is 23.3 Å². The van der Waals surface area contributed by atoms with Gasteiger partial charge in [0, 0.05) is 12.2 Å². The van der Waals surface area contributed by atoms with E-state index in [1.54, 1.807) is 6.07 Å². The third-order valence-corrected chi connectivity index (χ3v) is 6.47. The molecule has 30 heavy (non-hydrogen) atoms. The first-order chi connectivity index (χ1) is 14.2. The topological polar surface area (TPSA) is 107 Å². The van der Waals surface area contributed by atoms with Gasteiger partial charge in [0.05, 0.1) is 21.7 Å². The fourth-order valence-corrected chi connectivity index (χ4v) is 4.66. The molecule has 0 fully saturated rings. The Labute approximate surface area is 181 Å². The maximum Gasteiger partial charge on any atom is 0.238 e. The van der Waals surface area contributed by atoms with Crippen molar-refractivity contribution >= 4 is 44.4 Å². The smallest absolute Gasteiger partial charge is 0.238 e. The second-order valence-electron chi connectivity index (χ2n) is 7.31. The molecule has 3 rings (SSSR count). The van der Waals surface area contributed by atoms with Crippen LogP contribution in [0.2, 0.25) is 0 Å². The Morgan fingerprint density at radius 1 is 1.17 bits per heavy atom. The van der Waals surface area contributed by atoms with Gasteiger partial charge in [0.15, 0.2) is 5.16 Å². The third-order valence-electron chi connectivity index (χ3n) is 4.59. The van der Waals surface area contributed by atoms with E-state index in [1.807, 2.05) is 30.5 Å². The number of nitrogens with two attached hydrogens (primary N) is 1. The summed E-state index contributed by atoms with van der Waals surface area (Å²) in [6.45, 7) is 6.82. The molecular weight excluding hydrogens is 420 g/mol. The molecule has 1 heterocycles. The SMILES string of the molecule is CCCCn1c(SCC(=O)Nc2cc(C)cc(C)c2)nc2cc(S(N)(=O)=O)ccc21. The molecule has 0 aliphatic carbocycles. The molecule has 0 aliphatic heterocycles. The fraction of sp³-hybridized carbons (Fsp3) is 0.333. The highest BCUT2D eigenvalue weighted by Crippen LogP contribution is 2.27. The number of carbonyl (C=O) groups excluding carboxylic acids is 1. The van der Waals surface area contributed by atoms with E-state index < -0.39 is 10.0 Å². The zero-order chi connectivity index (χ0) is 21.9. The van der Waals surface area contributed by atoms with Crippen LogP contribution in [0.3, 0.4) is 0 Å². The van der Waals surface area contributed by atoms with Crippen LogP contribution in [0, 0.1) is 13.8 Å². The summed E-state index contributed by atoms with van der Waals surface area (Å²) in [5.41, 5.74) is 4.33. The number of aryl methyl sites for hydroxylation is 3. The minimum Gasteiger partial charge on any atom is -0.325 e. The van der Waals surface area contributed by atoms with Crippen molar-refractivity contribution in [3.8, 4) is 0 Å². The third kappa shape index (κ3) is 5.41. The van der Waals surface area contributed by atoms with Gasteiger partial charge in [-0.3, -0.25) is 4.79 Å². The van der Waals surface area contributed by atoms with Crippen molar-refractivity contribution in [2.24, 2.45) is 5.14 Å². The number of amides is 1. The summed E-state index contributed by atoms with van der Waals surface area (Å²) in [5.74, 6) is 0.0779. The molecule has 0 saturated heterocycles. The molecule has 2 aromatic carbocycles. The van der Waals surface area contributed by atoms with E-state index in [9.17, 15) is 13.2 Å². The highest BCUT2D eigenvalue weighted by atomic mass is 32.2. The molecule has 0 spiro atoms. The molecule has 3 N–H and O–H groups in total. The molecule has 0 radical (unpaired) electrons. The Balaban J connectivity index is 1.82. The van der Waals surface area contributed by atoms with Crippen molar-refractivity contribution in [3.05, 3.63) is 47.5 Å². The first-order valence-electron chi connectivity index (χ1n) is 9.71. The van der Waals surface area contributed by atoms with Gasteiger partial charge in [0.2, 0.25) is 15.9 Å². The number of rotatable bonds is 8. The lowest BCUT2D eigenvalue weighted by molar-refractivity contribution is -0.113. The molecule has 0 atom stereocenters. The number of aromatic nitrogens is 2. The van der Waals surface area contributed by atoms with E-state index in [1.165, 1.54) is 23.9 Å². The zero-order valence-electron chi connectivity index (χ0n) is 17.3. The van der Waals surface area contributed by atoms with Crippen LogP contribution in [0.4, 0.5) is 5.69 Å². The molecule has 9 heteroatoms. The van der Waals surface area contributed by atoms with Crippen LogP contribution in [0.15, 0.2) is 46.5 Å². The van der Waals surface area contributed by atoms with Gasteiger partial charge in [0.1, 0.15) is 0 Å². The maximum atomic E-state index is 12.5. The minimum absolute atomic E-state index is 0.0271. The number of fused-ring (bicyclic) bond motifs is 1. The summed E-state index contributed by atoms with van der Waals surface area (Å²) >= 11 is 1.33. The molecule has 0 bridgehead atoms. The molecule has 1 aromatic heterocycles. The molecule has 7 nitrogen and oxygen atoms in total. The standard InChI is InChI=1S/C21H26N4O3S2/c1-4-5-8-25-19-7-6-17(30(22,27)28)12-18(19)24-21(25)29-13-20(26)23-16-10-14(2)9-15(3)11-16/h6-7,9-12H,4-5,8,13H2,1-3H3,(H,23,26)(H2,22,27,28). The number of unbranched alkanes of at least 4 members (excludes halogenated alkanes) is 1. The van der Waals surface area contributed by atoms with Crippen LogP contribution >= 0.6 is 11.8 Å². The van der Waals surface area contributed by atoms with E-state index in [0.29, 0.717) is 10.7 Å². The van der Waals surface area contributed by atoms with Crippen molar-refractivity contribution in [3.63, 3.8) is 0 Å². The number of nitrogens with one attached hydrogen (secondary N) is 1. The summed E-state index contributed by atoms with van der Waals surface area (Å²) in [4.78, 5) is 17.1. The number of carbonyl (C=O) groups is 1. The highest BCUT2D eigenvalue weighted by molar-refractivity contribution is 7.99. The van der Waals surface area contributed by atoms with Crippen LogP contribution in [0.1, 0.15) is 30.9 Å². The predicted octanol–water partition coefficient (Wildman–Crippen LogP) is 3.83. The molecule has 0 saturated carbocycles. The number of primary sulfonamides is 1. The minimum atomic E-state index is -3.80. The second-order valence-corrected chi connectivity index (χ2v) is 9.81. The monoisotopic (exact) mass is 446 g/mol. The van der Waals surface area contributed by atoms with Gasteiger partial charge < -0.3 is 9.88 Å². The van der Waals surface area contributed by atoms with Gasteiger partial charge in [0.25, 0.3) is 0 Å². The lowest BCUT2D eigenvalue weighted by atomic mass is 10.1. The van der Waals surface area contributed by atoms with Gasteiger partial charge >= 0.3 is 0 Å². The normalized spacial score (nSPS) is 11.7. The number of benzene rings is 2. The fourth-order valence-electron chi connectivity index (χ4n) is 3.28.